The van der Waals surface area contributed by atoms with Gasteiger partial charge in [0, 0.05) is 84.6 Å². The zero-order valence-electron chi connectivity index (χ0n) is 78.9. The third-order valence-electron chi connectivity index (χ3n) is 22.0. The predicted octanol–water partition coefficient (Wildman–Crippen LogP) is -9.30. The molecule has 4 aromatic heterocycles. The fraction of sp³-hybridized carbons (Fsp3) is 0.843. The van der Waals surface area contributed by atoms with Crippen molar-refractivity contribution in [3.05, 3.63) is 47.6 Å². The quantitative estimate of drug-likeness (QED) is 0.0183. The number of unbranched alkanes of at least 4 members (excludes halogenated alkanes) is 1. The lowest BCUT2D eigenvalue weighted by Crippen LogP contribution is -2.64. The molecule has 0 bridgehead atoms. The van der Waals surface area contributed by atoms with Crippen molar-refractivity contribution in [2.75, 3.05) is 218 Å². The van der Waals surface area contributed by atoms with E-state index in [9.17, 15) is 85.3 Å². The lowest BCUT2D eigenvalue weighted by Gasteiger charge is -2.43. The van der Waals surface area contributed by atoms with Crippen molar-refractivity contribution in [3.8, 4) is 0 Å². The van der Waals surface area contributed by atoms with E-state index >= 15 is 0 Å². The summed E-state index contributed by atoms with van der Waals surface area (Å²) in [5, 5.41) is 168. The first-order valence-corrected chi connectivity index (χ1v) is 46.3. The minimum absolute atomic E-state index is 0.00119. The van der Waals surface area contributed by atoms with Crippen LogP contribution in [0.5, 0.6) is 0 Å². The molecule has 788 valence electrons. The number of amides is 4. The van der Waals surface area contributed by atoms with Crippen LogP contribution in [0.1, 0.15) is 76.7 Å². The van der Waals surface area contributed by atoms with Crippen molar-refractivity contribution in [2.24, 2.45) is 5.92 Å². The van der Waals surface area contributed by atoms with Crippen LogP contribution >= 0.6 is 0 Å². The van der Waals surface area contributed by atoms with Gasteiger partial charge in [-0.25, -0.2) is 18.7 Å². The minimum atomic E-state index is -1.45. The van der Waals surface area contributed by atoms with E-state index in [0.29, 0.717) is 88.0 Å². The summed E-state index contributed by atoms with van der Waals surface area (Å²) in [6.45, 7) is 12.8. The van der Waals surface area contributed by atoms with Crippen LogP contribution in [0.25, 0.3) is 0 Å². The third-order valence-corrected chi connectivity index (χ3v) is 22.0. The Labute approximate surface area is 797 Å². The molecule has 0 spiro atoms. The van der Waals surface area contributed by atoms with Crippen molar-refractivity contribution in [3.63, 3.8) is 0 Å². The molecule has 0 aromatic carbocycles. The highest BCUT2D eigenvalue weighted by Crippen LogP contribution is 2.29. The summed E-state index contributed by atoms with van der Waals surface area (Å²) in [6, 6.07) is -4.93. The first-order valence-electron chi connectivity index (χ1n) is 46.3. The number of aromatic nitrogens is 12. The number of hydrogen-bond acceptors (Lipinski definition) is 46. The van der Waals surface area contributed by atoms with E-state index in [0.717, 1.165) is 0 Å². The smallest absolute Gasteiger partial charge is 0.320 e. The molecule has 4 saturated heterocycles. The molecule has 8 heterocycles. The maximum atomic E-state index is 13.6. The number of carbonyl (C=O) groups excluding carboxylic acids is 4. The monoisotopic (exact) mass is 1980 g/mol. The van der Waals surface area contributed by atoms with Gasteiger partial charge < -0.3 is 177 Å². The van der Waals surface area contributed by atoms with Crippen LogP contribution in [-0.4, -0.2) is 501 Å². The van der Waals surface area contributed by atoms with E-state index in [4.69, 9.17) is 94.7 Å². The number of hydrogen-bond donors (Lipinski definition) is 16. The molecule has 16 N–H and O–H groups in total. The molecule has 4 fully saturated rings. The summed E-state index contributed by atoms with van der Waals surface area (Å²) < 4.78 is 120. The summed E-state index contributed by atoms with van der Waals surface area (Å²) >= 11 is 0. The minimum Gasteiger partial charge on any atom is -0.480 e. The van der Waals surface area contributed by atoms with Gasteiger partial charge in [-0.15, -0.1) is 20.4 Å². The van der Waals surface area contributed by atoms with E-state index in [-0.39, 0.29) is 204 Å². The SMILES string of the molecule is CC(=O)NC1C(OCCOCCOCCOCCn2cc(CN(CCCCC(C(=O)O)N(Cc3cn(CCOCCOCCOCCOC4OC(CO)C(O)C(O)C4NC(C)=O)nn3)Cc3cn(CCOCCOCCOCCOC4OC(CO)C(O)C(O)C4NC(C)=O)nn3)Cc3cn(CCOCCOCCOCCOC4OC(CO)C(O)C(O)C4NC(C)=O)nn3)nn2)OC(CO)C(O)C1C. The molecule has 21 unspecified atom stereocenters. The van der Waals surface area contributed by atoms with E-state index < -0.39 is 179 Å². The van der Waals surface area contributed by atoms with Gasteiger partial charge in [-0.1, -0.05) is 34.2 Å². The van der Waals surface area contributed by atoms with E-state index in [1.165, 1.54) is 27.7 Å². The second-order valence-electron chi connectivity index (χ2n) is 32.8. The molecule has 8 rings (SSSR count). The Morgan fingerprint density at radius 3 is 0.841 bits per heavy atom. The topological polar surface area (TPSA) is 690 Å². The molecule has 0 saturated carbocycles. The second-order valence-corrected chi connectivity index (χ2v) is 32.8. The Bertz CT molecular complexity index is 3740. The Morgan fingerprint density at radius 1 is 0.341 bits per heavy atom. The molecule has 4 amide bonds. The molecule has 4 aliphatic rings. The highest BCUT2D eigenvalue weighted by atomic mass is 16.7. The lowest BCUT2D eigenvalue weighted by atomic mass is 9.89. The van der Waals surface area contributed by atoms with Crippen molar-refractivity contribution in [1.82, 2.24) is 91.0 Å². The standard InChI is InChI=1S/C83H144N18O37/c1-54-68(84-55(2)106)80(135-64(50-102)72(54)110)131-38-34-127-30-26-123-22-18-119-14-10-98-46-59(88-92-98)42-96(43-60-47-99(93-89-60)11-15-120-19-23-124-27-31-128-35-39-132-81-69(85-56(3)107)76(114)73(111)65(51-103)136-81)9-7-6-8-63(79(117)118)97(44-61-48-100(94-90-61)12-16-121-20-24-125-28-32-129-36-40-133-82-70(86-57(4)108)77(115)74(112)66(52-104)137-82)45-62-49-101(95-91-62)13-17-122-21-25-126-29-33-130-37-41-134-83-71(87-58(5)109)78(116)75(113)67(53-105)138-83/h46-49,54,63-78,80-83,102-105,110-116H,6-45,50-53H2,1-5H3,(H,84,106)(H,85,107)(H,86,108)(H,87,109)(H,117,118). The van der Waals surface area contributed by atoms with Crippen LogP contribution in [-0.2, 0) is 171 Å². The average Bonchev–Trinajstić information content (AvgIpc) is 1.01. The summed E-state index contributed by atoms with van der Waals surface area (Å²) in [6.07, 6.45) is -10.0. The average molecular weight is 1990 g/mol. The Morgan fingerprint density at radius 2 is 0.580 bits per heavy atom. The molecule has 0 aliphatic carbocycles. The molecule has 4 aromatic rings. The number of aliphatic carboxylic acids is 1. The summed E-state index contributed by atoms with van der Waals surface area (Å²) in [4.78, 5) is 64.7. The molecule has 21 atom stereocenters. The normalized spacial score (nSPS) is 25.4. The van der Waals surface area contributed by atoms with Crippen LogP contribution in [0.2, 0.25) is 0 Å². The second kappa shape index (κ2) is 65.7. The molecule has 55 heteroatoms. The van der Waals surface area contributed by atoms with Gasteiger partial charge in [0.05, 0.1) is 273 Å². The largest absolute Gasteiger partial charge is 0.480 e. The van der Waals surface area contributed by atoms with E-state index in [1.54, 1.807) is 42.9 Å². The Kier molecular flexibility index (Phi) is 55.2. The Balaban J connectivity index is 0.810. The van der Waals surface area contributed by atoms with Crippen molar-refractivity contribution < 1.29 is 180 Å². The fourth-order valence-electron chi connectivity index (χ4n) is 15.0. The third kappa shape index (κ3) is 41.9. The predicted molar refractivity (Wildman–Crippen MR) is 467 cm³/mol. The van der Waals surface area contributed by atoms with Crippen molar-refractivity contribution in [2.45, 2.75) is 229 Å². The number of ether oxygens (including phenoxy) is 20. The summed E-state index contributed by atoms with van der Waals surface area (Å²) in [5.74, 6) is -3.27. The molecule has 138 heavy (non-hydrogen) atoms. The summed E-state index contributed by atoms with van der Waals surface area (Å²) in [5.41, 5.74) is 2.23. The van der Waals surface area contributed by atoms with Gasteiger partial charge in [-0.05, 0) is 19.4 Å². The van der Waals surface area contributed by atoms with Crippen LogP contribution in [0.15, 0.2) is 24.8 Å². The first-order chi connectivity index (χ1) is 66.8. The van der Waals surface area contributed by atoms with E-state index in [1.807, 2.05) is 12.4 Å². The number of aliphatic hydroxyl groups is 11. The molecule has 0 radical (unpaired) electrons. The van der Waals surface area contributed by atoms with Gasteiger partial charge in [0.25, 0.3) is 0 Å². The first kappa shape index (κ1) is 116. The molecular weight excluding hydrogens is 1840 g/mol. The highest BCUT2D eigenvalue weighted by Gasteiger charge is 2.49. The van der Waals surface area contributed by atoms with E-state index in [2.05, 4.69) is 67.4 Å². The Hall–Kier alpha value is -7.41. The van der Waals surface area contributed by atoms with Crippen LogP contribution < -0.4 is 21.3 Å². The number of carbonyl (C=O) groups is 5. The maximum Gasteiger partial charge on any atom is 0.320 e. The highest BCUT2D eigenvalue weighted by molar-refractivity contribution is 5.75. The van der Waals surface area contributed by atoms with Crippen LogP contribution in [0.3, 0.4) is 0 Å². The van der Waals surface area contributed by atoms with Crippen molar-refractivity contribution >= 4 is 29.6 Å². The van der Waals surface area contributed by atoms with Crippen molar-refractivity contribution in [1.29, 1.82) is 0 Å². The lowest BCUT2D eigenvalue weighted by molar-refractivity contribution is -0.272. The molecular formula is C83H144N18O37. The van der Waals surface area contributed by atoms with Gasteiger partial charge in [0.1, 0.15) is 85.2 Å². The number of carboxylic acids is 1. The molecule has 55 nitrogen and oxygen atoms in total. The van der Waals surface area contributed by atoms with Gasteiger partial charge in [-0.3, -0.25) is 33.8 Å². The zero-order chi connectivity index (χ0) is 99.4. The molecule has 4 aliphatic heterocycles. The van der Waals surface area contributed by atoms with Gasteiger partial charge in [0.15, 0.2) is 25.2 Å². The fourth-order valence-corrected chi connectivity index (χ4v) is 15.0. The number of nitrogens with zero attached hydrogens (tertiary/aromatic N) is 14. The van der Waals surface area contributed by atoms with Crippen LogP contribution in [0.4, 0.5) is 0 Å². The van der Waals surface area contributed by atoms with Gasteiger partial charge >= 0.3 is 5.97 Å². The number of rotatable bonds is 75. The van der Waals surface area contributed by atoms with Gasteiger partial charge in [0.2, 0.25) is 23.6 Å². The van der Waals surface area contributed by atoms with Crippen LogP contribution in [0, 0.1) is 5.92 Å². The zero-order valence-corrected chi connectivity index (χ0v) is 78.9. The number of aliphatic hydroxyl groups excluding tert-OH is 11. The number of nitrogens with one attached hydrogen (secondary N) is 4. The maximum absolute atomic E-state index is 13.6. The number of carboxylic acid groups (broad SMARTS) is 1. The summed E-state index contributed by atoms with van der Waals surface area (Å²) in [7, 11) is 0. The van der Waals surface area contributed by atoms with Gasteiger partial charge in [-0.2, -0.15) is 0 Å².